The van der Waals surface area contributed by atoms with E-state index in [4.69, 9.17) is 0 Å². The number of rotatable bonds is 2. The molecule has 0 atom stereocenters. The van der Waals surface area contributed by atoms with Crippen molar-refractivity contribution in [3.8, 4) is 0 Å². The molecule has 0 radical (unpaired) electrons. The van der Waals surface area contributed by atoms with Crippen LogP contribution in [0, 0.1) is 19.9 Å². The molecule has 0 heterocycles. The minimum atomic E-state index is 0. The molecule has 1 nitrogen and oxygen atoms in total. The first-order chi connectivity index (χ1) is 6.79. The Kier molecular flexibility index (Phi) is 33.0. The van der Waals surface area contributed by atoms with Crippen LogP contribution in [0.25, 0.3) is 0 Å². The van der Waals surface area contributed by atoms with E-state index in [0.29, 0.717) is 0 Å². The van der Waals surface area contributed by atoms with E-state index in [1.54, 1.807) is 13.8 Å². The maximum absolute atomic E-state index is 3.25. The molecule has 0 saturated heterocycles. The van der Waals surface area contributed by atoms with Gasteiger partial charge in [0.2, 0.25) is 0 Å². The number of hydrogen-bond acceptors (Lipinski definition) is 1. The van der Waals surface area contributed by atoms with Crippen molar-refractivity contribution in [2.45, 2.75) is 20.4 Å². The van der Waals surface area contributed by atoms with Gasteiger partial charge in [0.05, 0.1) is 0 Å². The van der Waals surface area contributed by atoms with Crippen LogP contribution in [0.2, 0.25) is 0 Å². The molecule has 1 aromatic carbocycles. The summed E-state index contributed by atoms with van der Waals surface area (Å²) in [5.41, 5.74) is 1.31. The standard InChI is InChI=1S/C9H12N.2C2H5.BrH.Sn/c1-10(2)8-9-6-4-3-5-7-9;2*1-2;;/h3-4,6-7H,8H2,1-2H3;2*1H2,2H3;1H;/q3*-1;;+4/p-1. The van der Waals surface area contributed by atoms with Gasteiger partial charge < -0.3 is 35.7 Å². The van der Waals surface area contributed by atoms with Crippen LogP contribution in [0.5, 0.6) is 0 Å². The maximum Gasteiger partial charge on any atom is 4.00 e. The molecule has 16 heavy (non-hydrogen) atoms. The van der Waals surface area contributed by atoms with E-state index in [-0.39, 0.29) is 40.9 Å². The van der Waals surface area contributed by atoms with Gasteiger partial charge in [-0.3, -0.25) is 0 Å². The second kappa shape index (κ2) is 20.8. The van der Waals surface area contributed by atoms with Crippen molar-refractivity contribution in [2.24, 2.45) is 0 Å². The fourth-order valence-electron chi connectivity index (χ4n) is 0.894. The van der Waals surface area contributed by atoms with Gasteiger partial charge in [-0.1, -0.05) is 0 Å². The van der Waals surface area contributed by atoms with Crippen LogP contribution >= 0.6 is 0 Å². The summed E-state index contributed by atoms with van der Waals surface area (Å²) in [5, 5.41) is 0. The van der Waals surface area contributed by atoms with Crippen LogP contribution < -0.4 is 17.0 Å². The monoisotopic (exact) mass is 391 g/mol. The Morgan fingerprint density at radius 3 is 2.00 bits per heavy atom. The van der Waals surface area contributed by atoms with E-state index >= 15 is 0 Å². The predicted molar refractivity (Wildman–Crippen MR) is 70.5 cm³/mol. The van der Waals surface area contributed by atoms with Crippen LogP contribution in [-0.4, -0.2) is 42.9 Å². The fraction of sp³-hybridized carbons (Fsp3) is 0.385. The van der Waals surface area contributed by atoms with E-state index in [0.717, 1.165) is 6.54 Å². The first-order valence-electron chi connectivity index (χ1n) is 4.80. The smallest absolute Gasteiger partial charge is 1.00 e. The van der Waals surface area contributed by atoms with Crippen molar-refractivity contribution >= 4 is 23.9 Å². The summed E-state index contributed by atoms with van der Waals surface area (Å²) in [5.74, 6) is 0. The molecule has 0 amide bonds. The van der Waals surface area contributed by atoms with E-state index in [1.807, 2.05) is 18.2 Å². The Labute approximate surface area is 129 Å². The van der Waals surface area contributed by atoms with Crippen molar-refractivity contribution in [1.29, 1.82) is 0 Å². The van der Waals surface area contributed by atoms with Crippen molar-refractivity contribution in [3.63, 3.8) is 0 Å². The molecular formula is C13H22BrNSn. The number of halogens is 1. The summed E-state index contributed by atoms with van der Waals surface area (Å²) in [7, 11) is 4.12. The number of benzene rings is 1. The van der Waals surface area contributed by atoms with Gasteiger partial charge in [0, 0.05) is 0 Å². The zero-order valence-corrected chi connectivity index (χ0v) is 15.2. The zero-order valence-electron chi connectivity index (χ0n) is 10.8. The normalized spacial score (nSPS) is 7.19. The third-order valence-electron chi connectivity index (χ3n) is 1.27. The molecule has 0 aliphatic heterocycles. The van der Waals surface area contributed by atoms with E-state index in [2.05, 4.69) is 45.0 Å². The molecule has 0 unspecified atom stereocenters. The third-order valence-corrected chi connectivity index (χ3v) is 1.27. The van der Waals surface area contributed by atoms with Gasteiger partial charge in [-0.2, -0.15) is 44.2 Å². The summed E-state index contributed by atoms with van der Waals surface area (Å²) >= 11 is 0. The Morgan fingerprint density at radius 1 is 1.19 bits per heavy atom. The SMILES string of the molecule is CN(C)Cc1c[c-]ccc1.[Br-].[CH2-]C.[CH2-]C.[Sn+4]. The van der Waals surface area contributed by atoms with Crippen molar-refractivity contribution in [2.75, 3.05) is 14.1 Å². The first kappa shape index (κ1) is 25.3. The van der Waals surface area contributed by atoms with Crippen LogP contribution in [0.3, 0.4) is 0 Å². The number of nitrogens with zero attached hydrogens (tertiary/aromatic N) is 1. The van der Waals surface area contributed by atoms with E-state index in [1.165, 1.54) is 5.56 Å². The quantitative estimate of drug-likeness (QED) is 0.501. The van der Waals surface area contributed by atoms with Gasteiger partial charge in [-0.25, -0.2) is 0 Å². The Hall–Kier alpha value is 0.459. The van der Waals surface area contributed by atoms with Crippen LogP contribution in [0.4, 0.5) is 0 Å². The minimum Gasteiger partial charge on any atom is -1.00 e. The van der Waals surface area contributed by atoms with Gasteiger partial charge in [-0.15, -0.1) is 5.56 Å². The minimum absolute atomic E-state index is 0. The second-order valence-corrected chi connectivity index (χ2v) is 2.65. The molecule has 0 saturated carbocycles. The molecule has 0 bridgehead atoms. The summed E-state index contributed by atoms with van der Waals surface area (Å²) < 4.78 is 0. The second-order valence-electron chi connectivity index (χ2n) is 2.65. The van der Waals surface area contributed by atoms with Crippen LogP contribution in [-0.2, 0) is 6.54 Å². The van der Waals surface area contributed by atoms with Crippen LogP contribution in [0.15, 0.2) is 24.3 Å². The van der Waals surface area contributed by atoms with Gasteiger partial charge in [-0.05, 0) is 20.6 Å². The van der Waals surface area contributed by atoms with Gasteiger partial charge in [0.15, 0.2) is 0 Å². The van der Waals surface area contributed by atoms with Crippen molar-refractivity contribution in [3.05, 3.63) is 49.7 Å². The summed E-state index contributed by atoms with van der Waals surface area (Å²) in [6, 6.07) is 11.1. The maximum atomic E-state index is 3.25. The average molecular weight is 391 g/mol. The fourth-order valence-corrected chi connectivity index (χ4v) is 0.894. The molecule has 90 valence electrons. The largest absolute Gasteiger partial charge is 4.00 e. The predicted octanol–water partition coefficient (Wildman–Crippen LogP) is -0.148. The Balaban J connectivity index is -0.000000109. The van der Waals surface area contributed by atoms with Crippen LogP contribution in [0.1, 0.15) is 19.4 Å². The molecule has 0 aliphatic rings. The first-order valence-corrected chi connectivity index (χ1v) is 4.80. The van der Waals surface area contributed by atoms with E-state index in [9.17, 15) is 0 Å². The summed E-state index contributed by atoms with van der Waals surface area (Å²) in [6.07, 6.45) is 0. The molecule has 3 heteroatoms. The summed E-state index contributed by atoms with van der Waals surface area (Å²) in [4.78, 5) is 2.14. The molecule has 0 N–H and O–H groups in total. The van der Waals surface area contributed by atoms with Crippen molar-refractivity contribution < 1.29 is 17.0 Å². The van der Waals surface area contributed by atoms with E-state index < -0.39 is 0 Å². The average Bonchev–Trinajstić information content (AvgIpc) is 2.24. The molecule has 1 aromatic rings. The molecule has 0 aromatic heterocycles. The molecule has 0 spiro atoms. The number of hydrogen-bond donors (Lipinski definition) is 0. The molecule has 0 fully saturated rings. The Morgan fingerprint density at radius 2 is 1.69 bits per heavy atom. The zero-order chi connectivity index (χ0) is 11.4. The van der Waals surface area contributed by atoms with Gasteiger partial charge in [0.1, 0.15) is 0 Å². The third kappa shape index (κ3) is 16.9. The van der Waals surface area contributed by atoms with Gasteiger partial charge in [0.25, 0.3) is 0 Å². The molecular weight excluding hydrogens is 369 g/mol. The molecule has 1 rings (SSSR count). The molecule has 0 aliphatic carbocycles. The van der Waals surface area contributed by atoms with Gasteiger partial charge >= 0.3 is 23.9 Å². The topological polar surface area (TPSA) is 3.24 Å². The Bertz CT molecular complexity index is 190. The summed E-state index contributed by atoms with van der Waals surface area (Å²) in [6.45, 7) is 11.0. The van der Waals surface area contributed by atoms with Crippen molar-refractivity contribution in [1.82, 2.24) is 4.90 Å².